The molecule has 0 saturated carbocycles. The SMILES string of the molecule is COCP(=O)(NC(C)(C(=O)O)C(C)C)Oc1ccc(COC(=O)NC(=O)c2ccc(N3C(=S)N(c4ccc(C#N)c(C(F)(F)F)c4)C(=O)C3(C)C)cc2F)cc1. The number of anilines is 2. The van der Waals surface area contributed by atoms with Crippen molar-refractivity contribution in [2.75, 3.05) is 23.3 Å². The van der Waals surface area contributed by atoms with Crippen LogP contribution in [0.25, 0.3) is 0 Å². The summed E-state index contributed by atoms with van der Waals surface area (Å²) in [5.74, 6) is -4.71. The number of aliphatic carboxylic acids is 1. The molecule has 3 aromatic rings. The van der Waals surface area contributed by atoms with Gasteiger partial charge < -0.3 is 24.0 Å². The standard InChI is InChI=1S/C36H36F4N5O9PS/c1-20(2)35(5,31(48)49)43-55(51,19-52-6)54-25-12-7-21(8-13-25)18-53-32(50)42-29(46)26-14-11-24(16-28(26)37)45-33(56)44(30(47)34(45,3)4)23-10-9-22(17-41)27(15-23)36(38,39)40/h7-16,20H,18-19H2,1-6H3,(H,43,51)(H,48,49)(H,42,46,50). The van der Waals surface area contributed by atoms with Crippen LogP contribution in [0.5, 0.6) is 5.75 Å². The van der Waals surface area contributed by atoms with Crippen molar-refractivity contribution >= 4 is 60.1 Å². The molecule has 3 N–H and O–H groups in total. The van der Waals surface area contributed by atoms with Gasteiger partial charge in [-0.25, -0.2) is 14.3 Å². The van der Waals surface area contributed by atoms with Crippen LogP contribution in [0.4, 0.5) is 33.7 Å². The van der Waals surface area contributed by atoms with E-state index < -0.39 is 83.4 Å². The minimum atomic E-state index is -4.91. The van der Waals surface area contributed by atoms with Crippen LogP contribution in [-0.2, 0) is 36.4 Å². The van der Waals surface area contributed by atoms with E-state index >= 15 is 4.39 Å². The van der Waals surface area contributed by atoms with Gasteiger partial charge in [0.2, 0.25) is 0 Å². The second-order valence-electron chi connectivity index (χ2n) is 13.5. The number of amides is 3. The lowest BCUT2D eigenvalue weighted by atomic mass is 9.90. The van der Waals surface area contributed by atoms with E-state index in [9.17, 15) is 42.0 Å². The largest absolute Gasteiger partial charge is 0.480 e. The number of hydrogen-bond acceptors (Lipinski definition) is 10. The lowest BCUT2D eigenvalue weighted by Gasteiger charge is -2.34. The predicted molar refractivity (Wildman–Crippen MR) is 197 cm³/mol. The molecule has 20 heteroatoms. The monoisotopic (exact) mass is 821 g/mol. The molecule has 1 heterocycles. The minimum Gasteiger partial charge on any atom is -0.480 e. The fourth-order valence-electron chi connectivity index (χ4n) is 5.48. The predicted octanol–water partition coefficient (Wildman–Crippen LogP) is 6.96. The topological polar surface area (TPSA) is 188 Å². The van der Waals surface area contributed by atoms with E-state index in [2.05, 4.69) is 5.09 Å². The van der Waals surface area contributed by atoms with Crippen LogP contribution in [-0.4, -0.2) is 58.6 Å². The number of hydrogen-bond donors (Lipinski definition) is 3. The number of carbonyl (C=O) groups excluding carboxylic acids is 3. The van der Waals surface area contributed by atoms with Gasteiger partial charge in [-0.15, -0.1) is 0 Å². The molecular weight excluding hydrogens is 785 g/mol. The van der Waals surface area contributed by atoms with E-state index in [0.29, 0.717) is 11.6 Å². The highest BCUT2D eigenvalue weighted by molar-refractivity contribution is 7.81. The molecule has 14 nitrogen and oxygen atoms in total. The van der Waals surface area contributed by atoms with Crippen molar-refractivity contribution in [1.29, 1.82) is 5.26 Å². The number of alkyl halides is 3. The first kappa shape index (κ1) is 43.3. The molecule has 1 saturated heterocycles. The van der Waals surface area contributed by atoms with Crippen molar-refractivity contribution < 1.29 is 60.4 Å². The zero-order valence-corrected chi connectivity index (χ0v) is 32.4. The third kappa shape index (κ3) is 9.00. The number of thiocarbonyl (C=S) groups is 1. The number of halogens is 4. The number of carboxylic acid groups (broad SMARTS) is 1. The van der Waals surface area contributed by atoms with Gasteiger partial charge in [0.1, 0.15) is 35.6 Å². The van der Waals surface area contributed by atoms with Crippen LogP contribution < -0.4 is 24.7 Å². The van der Waals surface area contributed by atoms with Crippen molar-refractivity contribution in [2.24, 2.45) is 5.92 Å². The molecule has 2 atom stereocenters. The minimum absolute atomic E-state index is 0.0326. The molecule has 0 aromatic heterocycles. The molecule has 0 aliphatic carbocycles. The van der Waals surface area contributed by atoms with E-state index in [1.807, 2.05) is 5.32 Å². The number of carboxylic acids is 1. The number of ether oxygens (including phenoxy) is 2. The average Bonchev–Trinajstić information content (AvgIpc) is 3.28. The Labute approximate surface area is 323 Å². The molecule has 298 valence electrons. The van der Waals surface area contributed by atoms with Gasteiger partial charge in [-0.2, -0.15) is 18.4 Å². The number of nitrogens with zero attached hydrogens (tertiary/aromatic N) is 3. The van der Waals surface area contributed by atoms with Gasteiger partial charge in [0.15, 0.2) is 5.11 Å². The van der Waals surface area contributed by atoms with Gasteiger partial charge in [-0.3, -0.25) is 29.2 Å². The molecule has 4 rings (SSSR count). The first-order chi connectivity index (χ1) is 26.0. The zero-order valence-electron chi connectivity index (χ0n) is 30.7. The average molecular weight is 822 g/mol. The van der Waals surface area contributed by atoms with E-state index in [0.717, 1.165) is 29.2 Å². The van der Waals surface area contributed by atoms with E-state index in [1.165, 1.54) is 69.2 Å². The Morgan fingerprint density at radius 1 is 1.05 bits per heavy atom. The van der Waals surface area contributed by atoms with Crippen LogP contribution in [0.2, 0.25) is 0 Å². The smallest absolute Gasteiger partial charge is 0.417 e. The highest BCUT2D eigenvalue weighted by atomic mass is 32.1. The van der Waals surface area contributed by atoms with Crippen LogP contribution in [0, 0.1) is 23.1 Å². The van der Waals surface area contributed by atoms with Gasteiger partial charge in [0, 0.05) is 12.8 Å². The molecule has 0 spiro atoms. The van der Waals surface area contributed by atoms with Gasteiger partial charge in [-0.1, -0.05) is 26.0 Å². The molecule has 1 aliphatic rings. The summed E-state index contributed by atoms with van der Waals surface area (Å²) >= 11 is 5.46. The molecule has 1 fully saturated rings. The number of nitriles is 1. The molecular formula is C36H36F4N5O9PS. The van der Waals surface area contributed by atoms with Crippen molar-refractivity contribution in [3.05, 3.63) is 88.7 Å². The second-order valence-corrected chi connectivity index (χ2v) is 15.8. The van der Waals surface area contributed by atoms with Crippen LogP contribution in [0.1, 0.15) is 61.7 Å². The fraction of sp³-hybridized carbons (Fsp3) is 0.333. The van der Waals surface area contributed by atoms with Crippen molar-refractivity contribution in [2.45, 2.75) is 58.5 Å². The van der Waals surface area contributed by atoms with Crippen LogP contribution in [0.15, 0.2) is 60.7 Å². The van der Waals surface area contributed by atoms with Gasteiger partial charge in [0.05, 0.1) is 28.4 Å². The lowest BCUT2D eigenvalue weighted by molar-refractivity contribution is -0.145. The molecule has 56 heavy (non-hydrogen) atoms. The Kier molecular flexibility index (Phi) is 12.7. The lowest BCUT2D eigenvalue weighted by Crippen LogP contribution is -2.52. The summed E-state index contributed by atoms with van der Waals surface area (Å²) in [6.07, 6.45) is -6.59. The first-order valence-electron chi connectivity index (χ1n) is 16.5. The molecule has 3 aromatic carbocycles. The van der Waals surface area contributed by atoms with Gasteiger partial charge in [-0.05, 0) is 93.0 Å². The van der Waals surface area contributed by atoms with Crippen molar-refractivity contribution in [3.8, 4) is 11.8 Å². The number of alkyl carbamates (subject to hydrolysis) is 1. The maximum atomic E-state index is 15.4. The molecule has 3 amide bonds. The van der Waals surface area contributed by atoms with E-state index in [4.69, 9.17) is 31.5 Å². The summed E-state index contributed by atoms with van der Waals surface area (Å²) in [6, 6.07) is 12.9. The number of imide groups is 1. The third-order valence-electron chi connectivity index (χ3n) is 8.87. The first-order valence-corrected chi connectivity index (χ1v) is 18.7. The highest BCUT2D eigenvalue weighted by Crippen LogP contribution is 2.46. The molecule has 0 radical (unpaired) electrons. The number of nitrogens with one attached hydrogen (secondary N) is 2. The third-order valence-corrected chi connectivity index (χ3v) is 11.1. The van der Waals surface area contributed by atoms with E-state index in [1.54, 1.807) is 13.8 Å². The maximum Gasteiger partial charge on any atom is 0.417 e. The fourth-order valence-corrected chi connectivity index (χ4v) is 8.03. The quantitative estimate of drug-likeness (QED) is 0.0913. The van der Waals surface area contributed by atoms with E-state index in [-0.39, 0.29) is 28.8 Å². The Balaban J connectivity index is 1.42. The Morgan fingerprint density at radius 2 is 1.68 bits per heavy atom. The van der Waals surface area contributed by atoms with Crippen LogP contribution >= 0.6 is 19.7 Å². The van der Waals surface area contributed by atoms with Crippen molar-refractivity contribution in [3.63, 3.8) is 0 Å². The van der Waals surface area contributed by atoms with Crippen LogP contribution in [0.3, 0.4) is 0 Å². The number of benzene rings is 3. The van der Waals surface area contributed by atoms with Crippen molar-refractivity contribution in [1.82, 2.24) is 10.4 Å². The van der Waals surface area contributed by atoms with Gasteiger partial charge in [0.25, 0.3) is 11.8 Å². The Morgan fingerprint density at radius 3 is 2.21 bits per heavy atom. The maximum absolute atomic E-state index is 15.4. The summed E-state index contributed by atoms with van der Waals surface area (Å²) in [7, 11) is -2.63. The second kappa shape index (κ2) is 16.4. The molecule has 2 unspecified atom stereocenters. The molecule has 0 bridgehead atoms. The highest BCUT2D eigenvalue weighted by Gasteiger charge is 2.51. The summed E-state index contributed by atoms with van der Waals surface area (Å²) in [4.78, 5) is 52.7. The Bertz CT molecular complexity index is 2160. The van der Waals surface area contributed by atoms with Gasteiger partial charge >= 0.3 is 25.8 Å². The molecule has 1 aliphatic heterocycles. The number of carbonyl (C=O) groups is 4. The number of methoxy groups -OCH3 is 1. The summed E-state index contributed by atoms with van der Waals surface area (Å²) < 4.78 is 85.6. The normalized spacial score (nSPS) is 16.2. The Hall–Kier alpha value is -5.41. The summed E-state index contributed by atoms with van der Waals surface area (Å²) in [6.45, 7) is 7.10. The summed E-state index contributed by atoms with van der Waals surface area (Å²) in [5, 5.41) is 23.0. The zero-order chi connectivity index (χ0) is 42.0. The summed E-state index contributed by atoms with van der Waals surface area (Å²) in [5.41, 5.74) is -5.58. The number of rotatable bonds is 13.